The van der Waals surface area contributed by atoms with Gasteiger partial charge in [-0.15, -0.1) is 11.3 Å². The minimum atomic E-state index is -1.26. The average molecular weight is 462 g/mol. The van der Waals surface area contributed by atoms with Crippen molar-refractivity contribution in [1.82, 2.24) is 0 Å². The van der Waals surface area contributed by atoms with Crippen LogP contribution in [0.2, 0.25) is 0 Å². The Morgan fingerprint density at radius 3 is 2.16 bits per heavy atom. The van der Waals surface area contributed by atoms with E-state index in [1.165, 1.54) is 5.56 Å². The first-order valence-electron chi connectivity index (χ1n) is 10.3. The van der Waals surface area contributed by atoms with Crippen molar-refractivity contribution in [2.24, 2.45) is 5.73 Å². The lowest BCUT2D eigenvalue weighted by Crippen LogP contribution is -2.40. The van der Waals surface area contributed by atoms with Gasteiger partial charge in [0.15, 0.2) is 5.78 Å². The monoisotopic (exact) mass is 461 g/mol. The zero-order valence-corrected chi connectivity index (χ0v) is 19.0. The first-order chi connectivity index (χ1) is 15.1. The maximum absolute atomic E-state index is 12.3. The van der Waals surface area contributed by atoms with Crippen molar-refractivity contribution in [3.05, 3.63) is 69.9 Å². The number of hydrogen-bond acceptors (Lipinski definition) is 6. The molecule has 1 atom stereocenters. The summed E-state index contributed by atoms with van der Waals surface area (Å²) in [6, 6.07) is 14.3. The Kier molecular flexibility index (Phi) is 12.2. The number of hydrogen-bond donors (Lipinski definition) is 4. The van der Waals surface area contributed by atoms with E-state index in [1.807, 2.05) is 25.1 Å². The first kappa shape index (κ1) is 27.2. The SMILES string of the molecule is CC(N)(CO)CCc1ccc(C(=O)CCCCc2ccccc2)s1.O=C(O)C=CC(=O)O. The number of carbonyl (C=O) groups is 3. The van der Waals surface area contributed by atoms with Crippen molar-refractivity contribution in [3.63, 3.8) is 0 Å². The van der Waals surface area contributed by atoms with Crippen LogP contribution in [0.4, 0.5) is 0 Å². The number of rotatable bonds is 12. The molecule has 1 aromatic heterocycles. The van der Waals surface area contributed by atoms with E-state index in [2.05, 4.69) is 24.3 Å². The number of carboxylic acid groups (broad SMARTS) is 2. The smallest absolute Gasteiger partial charge is 0.328 e. The summed E-state index contributed by atoms with van der Waals surface area (Å²) < 4.78 is 0. The predicted octanol–water partition coefficient (Wildman–Crippen LogP) is 3.70. The van der Waals surface area contributed by atoms with Gasteiger partial charge in [-0.2, -0.15) is 0 Å². The Morgan fingerprint density at radius 1 is 0.969 bits per heavy atom. The van der Waals surface area contributed by atoms with Gasteiger partial charge in [0.25, 0.3) is 0 Å². The maximum Gasteiger partial charge on any atom is 0.328 e. The number of carbonyl (C=O) groups excluding carboxylic acids is 1. The molecule has 174 valence electrons. The molecule has 0 saturated carbocycles. The Balaban J connectivity index is 0.000000547. The lowest BCUT2D eigenvalue weighted by atomic mass is 9.98. The normalized spacial score (nSPS) is 12.6. The Bertz CT molecular complexity index is 873. The third-order valence-electron chi connectivity index (χ3n) is 4.57. The van der Waals surface area contributed by atoms with Gasteiger partial charge in [0.05, 0.1) is 11.5 Å². The number of nitrogens with two attached hydrogens (primary N) is 1. The van der Waals surface area contributed by atoms with E-state index in [0.717, 1.165) is 35.4 Å². The van der Waals surface area contributed by atoms with E-state index < -0.39 is 17.5 Å². The van der Waals surface area contributed by atoms with Crippen LogP contribution in [0.5, 0.6) is 0 Å². The van der Waals surface area contributed by atoms with E-state index in [1.54, 1.807) is 11.3 Å². The molecular weight excluding hydrogens is 430 g/mol. The first-order valence-corrected chi connectivity index (χ1v) is 11.1. The molecule has 5 N–H and O–H groups in total. The number of thiophene rings is 1. The Labute approximate surface area is 192 Å². The van der Waals surface area contributed by atoms with Crippen molar-refractivity contribution in [2.75, 3.05) is 6.61 Å². The van der Waals surface area contributed by atoms with Crippen LogP contribution < -0.4 is 5.73 Å². The van der Waals surface area contributed by atoms with Crippen molar-refractivity contribution < 1.29 is 29.7 Å². The fraction of sp³-hybridized carbons (Fsp3) is 0.375. The van der Waals surface area contributed by atoms with Gasteiger partial charge in [-0.05, 0) is 56.7 Å². The minimum absolute atomic E-state index is 0.0222. The second-order valence-corrected chi connectivity index (χ2v) is 8.87. The summed E-state index contributed by atoms with van der Waals surface area (Å²) in [7, 11) is 0. The fourth-order valence-electron chi connectivity index (χ4n) is 2.68. The molecule has 0 amide bonds. The summed E-state index contributed by atoms with van der Waals surface area (Å²) in [5.41, 5.74) is 6.73. The van der Waals surface area contributed by atoms with Crippen LogP contribution in [0, 0.1) is 0 Å². The molecule has 0 radical (unpaired) electrons. The molecule has 7 nitrogen and oxygen atoms in total. The lowest BCUT2D eigenvalue weighted by molar-refractivity contribution is -0.134. The van der Waals surface area contributed by atoms with Crippen LogP contribution in [0.3, 0.4) is 0 Å². The third-order valence-corrected chi connectivity index (χ3v) is 5.76. The molecule has 1 aromatic carbocycles. The topological polar surface area (TPSA) is 138 Å². The molecule has 0 aliphatic heterocycles. The highest BCUT2D eigenvalue weighted by Gasteiger charge is 2.17. The predicted molar refractivity (Wildman–Crippen MR) is 125 cm³/mol. The highest BCUT2D eigenvalue weighted by molar-refractivity contribution is 7.14. The van der Waals surface area contributed by atoms with E-state index >= 15 is 0 Å². The van der Waals surface area contributed by atoms with Gasteiger partial charge in [-0.25, -0.2) is 9.59 Å². The highest BCUT2D eigenvalue weighted by Crippen LogP contribution is 2.22. The minimum Gasteiger partial charge on any atom is -0.478 e. The maximum atomic E-state index is 12.3. The summed E-state index contributed by atoms with van der Waals surface area (Å²) in [5, 5.41) is 24.8. The van der Waals surface area contributed by atoms with Gasteiger partial charge < -0.3 is 21.1 Å². The molecule has 0 aliphatic carbocycles. The second-order valence-electron chi connectivity index (χ2n) is 7.70. The second kappa shape index (κ2) is 14.3. The summed E-state index contributed by atoms with van der Waals surface area (Å²) >= 11 is 1.56. The molecule has 8 heteroatoms. The van der Waals surface area contributed by atoms with Crippen molar-refractivity contribution in [2.45, 2.75) is 51.0 Å². The third kappa shape index (κ3) is 12.1. The van der Waals surface area contributed by atoms with Crippen LogP contribution in [-0.2, 0) is 22.4 Å². The highest BCUT2D eigenvalue weighted by atomic mass is 32.1. The molecule has 2 aromatic rings. The zero-order valence-electron chi connectivity index (χ0n) is 18.2. The summed E-state index contributed by atoms with van der Waals surface area (Å²) in [6.45, 7) is 1.82. The van der Waals surface area contributed by atoms with E-state index in [-0.39, 0.29) is 12.4 Å². The lowest BCUT2D eigenvalue weighted by Gasteiger charge is -2.20. The molecular formula is C24H31NO6S. The molecule has 1 heterocycles. The number of carboxylic acids is 2. The van der Waals surface area contributed by atoms with Gasteiger partial charge >= 0.3 is 11.9 Å². The summed E-state index contributed by atoms with van der Waals surface area (Å²) in [4.78, 5) is 33.4. The number of Topliss-reactive ketones (excluding diaryl/α,β-unsaturated/α-hetero) is 1. The number of aryl methyl sites for hydroxylation is 2. The fourth-order valence-corrected chi connectivity index (χ4v) is 3.65. The van der Waals surface area contributed by atoms with Crippen LogP contribution in [0.15, 0.2) is 54.6 Å². The molecule has 0 fully saturated rings. The molecule has 32 heavy (non-hydrogen) atoms. The Hall–Kier alpha value is -2.81. The van der Waals surface area contributed by atoms with Crippen LogP contribution in [0.1, 0.15) is 52.7 Å². The number of aliphatic hydroxyl groups is 1. The summed E-state index contributed by atoms with van der Waals surface area (Å²) in [6.07, 6.45) is 6.24. The van der Waals surface area contributed by atoms with Crippen LogP contribution in [-0.4, -0.2) is 45.2 Å². The molecule has 0 spiro atoms. The summed E-state index contributed by atoms with van der Waals surface area (Å²) in [5.74, 6) is -2.28. The number of aliphatic hydroxyl groups excluding tert-OH is 1. The number of aliphatic carboxylic acids is 2. The van der Waals surface area contributed by atoms with E-state index in [9.17, 15) is 19.5 Å². The number of unbranched alkanes of at least 4 members (excludes halogenated alkanes) is 1. The van der Waals surface area contributed by atoms with Gasteiger partial charge in [-0.3, -0.25) is 4.79 Å². The van der Waals surface area contributed by atoms with Crippen LogP contribution >= 0.6 is 11.3 Å². The molecule has 0 bridgehead atoms. The number of ketones is 1. The van der Waals surface area contributed by atoms with Crippen LogP contribution in [0.25, 0.3) is 0 Å². The largest absolute Gasteiger partial charge is 0.478 e. The quantitative estimate of drug-likeness (QED) is 0.215. The van der Waals surface area contributed by atoms with Crippen molar-refractivity contribution in [3.8, 4) is 0 Å². The van der Waals surface area contributed by atoms with Gasteiger partial charge in [0.1, 0.15) is 0 Å². The van der Waals surface area contributed by atoms with Gasteiger partial charge in [-0.1, -0.05) is 30.3 Å². The standard InChI is InChI=1S/C20H27NO2S.C4H4O4/c1-20(21,15-22)14-13-17-11-12-19(24-17)18(23)10-6-5-9-16-7-3-2-4-8-16;5-3(6)1-2-4(7)8/h2-4,7-8,11-12,22H,5-6,9-10,13-15,21H2,1H3;1-2H,(H,5,6)(H,7,8). The number of benzene rings is 1. The van der Waals surface area contributed by atoms with Gasteiger partial charge in [0, 0.05) is 29.0 Å². The zero-order chi connectivity index (χ0) is 24.0. The average Bonchev–Trinajstić information content (AvgIpc) is 3.24. The van der Waals surface area contributed by atoms with E-state index in [4.69, 9.17) is 15.9 Å². The molecule has 0 saturated heterocycles. The molecule has 0 aliphatic rings. The van der Waals surface area contributed by atoms with Crippen molar-refractivity contribution in [1.29, 1.82) is 0 Å². The molecule has 2 rings (SSSR count). The van der Waals surface area contributed by atoms with Crippen molar-refractivity contribution >= 4 is 29.1 Å². The Morgan fingerprint density at radius 2 is 1.59 bits per heavy atom. The molecule has 1 unspecified atom stereocenters. The van der Waals surface area contributed by atoms with E-state index in [0.29, 0.717) is 25.0 Å². The van der Waals surface area contributed by atoms with Gasteiger partial charge in [0.2, 0.25) is 0 Å².